The third-order valence-corrected chi connectivity index (χ3v) is 4.17. The normalized spacial score (nSPS) is 11.2. The first-order chi connectivity index (χ1) is 10.0. The summed E-state index contributed by atoms with van der Waals surface area (Å²) in [6, 6.07) is 8.73. The molecule has 21 heavy (non-hydrogen) atoms. The van der Waals surface area contributed by atoms with Crippen LogP contribution in [-0.4, -0.2) is 9.55 Å². The van der Waals surface area contributed by atoms with Gasteiger partial charge >= 0.3 is 0 Å². The highest BCUT2D eigenvalue weighted by Gasteiger charge is 2.15. The van der Waals surface area contributed by atoms with Crippen molar-refractivity contribution in [2.24, 2.45) is 0 Å². The second-order valence-corrected chi connectivity index (χ2v) is 6.01. The van der Waals surface area contributed by atoms with Gasteiger partial charge in [-0.1, -0.05) is 34.5 Å². The standard InChI is InChI=1S/C15H12BrClFN3/c1-2-8-5-9(16)3-4-13(8)21-14-7-11(18)10(17)6-12(14)20-15(21)19/h3-7H,2H2,1H3,(H2,19,20). The Hall–Kier alpha value is -1.59. The van der Waals surface area contributed by atoms with Gasteiger partial charge in [0.25, 0.3) is 0 Å². The van der Waals surface area contributed by atoms with E-state index in [-0.39, 0.29) is 5.02 Å². The minimum Gasteiger partial charge on any atom is -0.369 e. The predicted octanol–water partition coefficient (Wildman–Crippen LogP) is 4.73. The molecule has 0 atom stereocenters. The van der Waals surface area contributed by atoms with E-state index in [0.717, 1.165) is 22.1 Å². The molecule has 2 N–H and O–H groups in total. The number of nitrogens with two attached hydrogens (primary N) is 1. The Kier molecular flexibility index (Phi) is 3.63. The first-order valence-electron chi connectivity index (χ1n) is 6.43. The van der Waals surface area contributed by atoms with E-state index in [1.165, 1.54) is 12.1 Å². The monoisotopic (exact) mass is 367 g/mol. The Morgan fingerprint density at radius 1 is 1.33 bits per heavy atom. The minimum absolute atomic E-state index is 0.0404. The number of aromatic nitrogens is 2. The zero-order chi connectivity index (χ0) is 15.1. The highest BCUT2D eigenvalue weighted by Crippen LogP contribution is 2.30. The van der Waals surface area contributed by atoms with Gasteiger partial charge in [-0.05, 0) is 36.2 Å². The van der Waals surface area contributed by atoms with E-state index >= 15 is 0 Å². The molecule has 0 aliphatic carbocycles. The van der Waals surface area contributed by atoms with Gasteiger partial charge in [0, 0.05) is 10.5 Å². The van der Waals surface area contributed by atoms with Crippen LogP contribution in [-0.2, 0) is 6.42 Å². The summed E-state index contributed by atoms with van der Waals surface area (Å²) in [5.41, 5.74) is 9.18. The average Bonchev–Trinajstić information content (AvgIpc) is 2.75. The van der Waals surface area contributed by atoms with Gasteiger partial charge in [-0.3, -0.25) is 4.57 Å². The smallest absolute Gasteiger partial charge is 0.205 e. The summed E-state index contributed by atoms with van der Waals surface area (Å²) in [7, 11) is 0. The summed E-state index contributed by atoms with van der Waals surface area (Å²) in [6.45, 7) is 2.05. The summed E-state index contributed by atoms with van der Waals surface area (Å²) in [5.74, 6) is -0.177. The lowest BCUT2D eigenvalue weighted by Gasteiger charge is -2.12. The van der Waals surface area contributed by atoms with Gasteiger partial charge in [0.2, 0.25) is 5.95 Å². The topological polar surface area (TPSA) is 43.8 Å². The Labute approximate surface area is 134 Å². The molecule has 1 heterocycles. The zero-order valence-electron chi connectivity index (χ0n) is 11.2. The quantitative estimate of drug-likeness (QED) is 0.711. The van der Waals surface area contributed by atoms with Crippen LogP contribution < -0.4 is 5.73 Å². The molecule has 0 radical (unpaired) electrons. The lowest BCUT2D eigenvalue weighted by molar-refractivity contribution is 0.629. The molecule has 0 fully saturated rings. The summed E-state index contributed by atoms with van der Waals surface area (Å²) < 4.78 is 16.5. The number of nitrogens with zero attached hydrogens (tertiary/aromatic N) is 2. The van der Waals surface area contributed by atoms with E-state index in [2.05, 4.69) is 27.8 Å². The molecule has 1 aromatic heterocycles. The summed E-state index contributed by atoms with van der Waals surface area (Å²) >= 11 is 9.26. The van der Waals surface area contributed by atoms with Crippen LogP contribution in [0.1, 0.15) is 12.5 Å². The molecule has 0 aliphatic rings. The highest BCUT2D eigenvalue weighted by molar-refractivity contribution is 9.10. The van der Waals surface area contributed by atoms with Crippen LogP contribution in [0, 0.1) is 5.82 Å². The number of anilines is 1. The van der Waals surface area contributed by atoms with Gasteiger partial charge < -0.3 is 5.73 Å². The molecule has 0 amide bonds. The second-order valence-electron chi connectivity index (χ2n) is 4.69. The number of hydrogen-bond acceptors (Lipinski definition) is 2. The van der Waals surface area contributed by atoms with Crippen molar-refractivity contribution < 1.29 is 4.39 Å². The Morgan fingerprint density at radius 2 is 2.10 bits per heavy atom. The molecular formula is C15H12BrClFN3. The fourth-order valence-electron chi connectivity index (χ4n) is 2.40. The molecule has 0 aliphatic heterocycles. The van der Waals surface area contributed by atoms with Crippen molar-refractivity contribution in [3.63, 3.8) is 0 Å². The van der Waals surface area contributed by atoms with Crippen molar-refractivity contribution in [3.8, 4) is 5.69 Å². The highest BCUT2D eigenvalue weighted by atomic mass is 79.9. The average molecular weight is 369 g/mol. The third-order valence-electron chi connectivity index (χ3n) is 3.39. The summed E-state index contributed by atoms with van der Waals surface area (Å²) in [4.78, 5) is 4.27. The number of imidazole rings is 1. The van der Waals surface area contributed by atoms with E-state index in [1.807, 2.05) is 18.2 Å². The maximum Gasteiger partial charge on any atom is 0.205 e. The Balaban J connectivity index is 2.35. The summed E-state index contributed by atoms with van der Waals surface area (Å²) in [6.07, 6.45) is 0.823. The van der Waals surface area contributed by atoms with Crippen molar-refractivity contribution in [1.29, 1.82) is 0 Å². The van der Waals surface area contributed by atoms with Crippen molar-refractivity contribution in [1.82, 2.24) is 9.55 Å². The van der Waals surface area contributed by atoms with Crippen LogP contribution in [0.15, 0.2) is 34.8 Å². The van der Waals surface area contributed by atoms with E-state index in [0.29, 0.717) is 17.0 Å². The molecule has 108 valence electrons. The maximum atomic E-state index is 13.8. The number of halogens is 3. The zero-order valence-corrected chi connectivity index (χ0v) is 13.5. The van der Waals surface area contributed by atoms with Gasteiger partial charge in [-0.25, -0.2) is 9.37 Å². The van der Waals surface area contributed by atoms with Crippen LogP contribution in [0.3, 0.4) is 0 Å². The van der Waals surface area contributed by atoms with Gasteiger partial charge in [0.1, 0.15) is 5.82 Å². The van der Waals surface area contributed by atoms with Gasteiger partial charge in [0.05, 0.1) is 21.7 Å². The number of benzene rings is 2. The van der Waals surface area contributed by atoms with Gasteiger partial charge in [-0.2, -0.15) is 0 Å². The molecular weight excluding hydrogens is 357 g/mol. The molecule has 0 spiro atoms. The third kappa shape index (κ3) is 2.40. The van der Waals surface area contributed by atoms with E-state index in [1.54, 1.807) is 4.57 Å². The largest absolute Gasteiger partial charge is 0.369 e. The van der Waals surface area contributed by atoms with Crippen LogP contribution in [0.4, 0.5) is 10.3 Å². The molecule has 3 nitrogen and oxygen atoms in total. The lowest BCUT2D eigenvalue weighted by Crippen LogP contribution is -2.04. The van der Waals surface area contributed by atoms with Crippen molar-refractivity contribution >= 4 is 44.5 Å². The first-order valence-corrected chi connectivity index (χ1v) is 7.60. The predicted molar refractivity (Wildman–Crippen MR) is 87.5 cm³/mol. The number of nitrogen functional groups attached to an aromatic ring is 1. The number of hydrogen-bond donors (Lipinski definition) is 1. The van der Waals surface area contributed by atoms with E-state index in [9.17, 15) is 4.39 Å². The molecule has 3 rings (SSSR count). The molecule has 6 heteroatoms. The van der Waals surface area contributed by atoms with E-state index in [4.69, 9.17) is 17.3 Å². The SMILES string of the molecule is CCc1cc(Br)ccc1-n1c(N)nc2cc(Cl)c(F)cc21. The fraction of sp³-hybridized carbons (Fsp3) is 0.133. The molecule has 0 unspecified atom stereocenters. The van der Waals surface area contributed by atoms with Crippen LogP contribution in [0.25, 0.3) is 16.7 Å². The molecule has 3 aromatic rings. The van der Waals surface area contributed by atoms with Crippen molar-refractivity contribution in [3.05, 3.63) is 51.2 Å². The van der Waals surface area contributed by atoms with Crippen molar-refractivity contribution in [2.75, 3.05) is 5.73 Å². The molecule has 0 saturated heterocycles. The molecule has 0 saturated carbocycles. The number of aryl methyl sites for hydroxylation is 1. The minimum atomic E-state index is -0.486. The number of fused-ring (bicyclic) bond motifs is 1. The lowest BCUT2D eigenvalue weighted by atomic mass is 10.1. The fourth-order valence-corrected chi connectivity index (χ4v) is 2.97. The second kappa shape index (κ2) is 5.31. The van der Waals surface area contributed by atoms with Crippen molar-refractivity contribution in [2.45, 2.75) is 13.3 Å². The molecule has 0 bridgehead atoms. The van der Waals surface area contributed by atoms with Crippen LogP contribution >= 0.6 is 27.5 Å². The van der Waals surface area contributed by atoms with Gasteiger partial charge in [-0.15, -0.1) is 0 Å². The maximum absolute atomic E-state index is 13.8. The first kappa shape index (κ1) is 14.4. The summed E-state index contributed by atoms with van der Waals surface area (Å²) in [5, 5.41) is 0.0404. The van der Waals surface area contributed by atoms with E-state index < -0.39 is 5.82 Å². The molecule has 2 aromatic carbocycles. The van der Waals surface area contributed by atoms with Gasteiger partial charge in [0.15, 0.2) is 0 Å². The Bertz CT molecular complexity index is 845. The number of rotatable bonds is 2. The Morgan fingerprint density at radius 3 is 2.81 bits per heavy atom. The van der Waals surface area contributed by atoms with Crippen LogP contribution in [0.2, 0.25) is 5.02 Å². The van der Waals surface area contributed by atoms with Crippen LogP contribution in [0.5, 0.6) is 0 Å².